The van der Waals surface area contributed by atoms with Crippen molar-refractivity contribution in [3.63, 3.8) is 0 Å². The third-order valence-corrected chi connectivity index (χ3v) is 9.87. The van der Waals surface area contributed by atoms with Crippen molar-refractivity contribution < 1.29 is 19.8 Å². The third-order valence-electron chi connectivity index (χ3n) is 7.81. The van der Waals surface area contributed by atoms with Gasteiger partial charge in [0.2, 0.25) is 0 Å². The largest absolute Gasteiger partial charge is 0.476 e. The van der Waals surface area contributed by atoms with E-state index in [4.69, 9.17) is 5.11 Å². The number of allylic oxidation sites excluding steroid dienone is 1. The first kappa shape index (κ1) is 27.4. The summed E-state index contributed by atoms with van der Waals surface area (Å²) in [6, 6.07) is 0. The Morgan fingerprint density at radius 2 is 2.09 bits per heavy atom. The molecule has 2 saturated carbocycles. The first-order valence-electron chi connectivity index (χ1n) is 13.0. The number of aromatic carboxylic acids is 1. The number of carbonyl (C=O) groups excluding carboxylic acids is 1. The molecule has 0 saturated heterocycles. The molecule has 0 bridgehead atoms. The van der Waals surface area contributed by atoms with Gasteiger partial charge in [0.15, 0.2) is 10.0 Å². The molecule has 7 heteroatoms. The van der Waals surface area contributed by atoms with E-state index in [2.05, 4.69) is 24.1 Å². The summed E-state index contributed by atoms with van der Waals surface area (Å²) in [7, 11) is 0. The molecule has 34 heavy (non-hydrogen) atoms. The van der Waals surface area contributed by atoms with Crippen LogP contribution in [0.5, 0.6) is 0 Å². The van der Waals surface area contributed by atoms with E-state index in [9.17, 15) is 14.7 Å². The molecule has 0 aliphatic heterocycles. The highest BCUT2D eigenvalue weighted by molar-refractivity contribution is 8.01. The van der Waals surface area contributed by atoms with Gasteiger partial charge in [-0.15, -0.1) is 11.3 Å². The molecular weight excluding hydrogens is 466 g/mol. The second kappa shape index (κ2) is 13.2. The number of hydrogen-bond donors (Lipinski definition) is 2. The fourth-order valence-corrected chi connectivity index (χ4v) is 7.78. The molecule has 0 radical (unpaired) electrons. The van der Waals surface area contributed by atoms with E-state index in [0.29, 0.717) is 30.5 Å². The van der Waals surface area contributed by atoms with E-state index in [1.165, 1.54) is 61.6 Å². The standard InChI is InChI=1S/C27H41NO4S2/c1-3-4-12-22(20-9-6-5-7-10-20)27(2,32)16-8-11-19-13-14-24(29)21(19)15-17-33-26-28-23(18-34-26)25(30)31/h8,11,18-22,32H,3-7,9-10,12-17H2,1-2H3,(H,30,31)/b11-8+/t19-,21+,22?,27-/m0/s1. The molecule has 1 heterocycles. The lowest BCUT2D eigenvalue weighted by Gasteiger charge is -2.40. The van der Waals surface area contributed by atoms with Crippen molar-refractivity contribution in [2.75, 3.05) is 5.75 Å². The molecule has 0 aromatic carbocycles. The first-order chi connectivity index (χ1) is 16.3. The summed E-state index contributed by atoms with van der Waals surface area (Å²) < 4.78 is 0.742. The number of carboxylic acids is 1. The maximum Gasteiger partial charge on any atom is 0.355 e. The smallest absolute Gasteiger partial charge is 0.355 e. The highest BCUT2D eigenvalue weighted by Crippen LogP contribution is 2.41. The number of thiazole rings is 1. The van der Waals surface area contributed by atoms with E-state index in [-0.39, 0.29) is 17.5 Å². The molecule has 190 valence electrons. The van der Waals surface area contributed by atoms with Crippen LogP contribution in [-0.4, -0.2) is 38.3 Å². The minimum absolute atomic E-state index is 0.0156. The zero-order valence-corrected chi connectivity index (χ0v) is 22.3. The van der Waals surface area contributed by atoms with Gasteiger partial charge in [-0.25, -0.2) is 9.78 Å². The number of unbranched alkanes of at least 4 members (excludes halogenated alkanes) is 1. The number of Topliss-reactive ketones (excluding diaryl/α,β-unsaturated/α-hetero) is 1. The number of nitrogens with zero attached hydrogens (tertiary/aromatic N) is 1. The fraction of sp³-hybridized carbons (Fsp3) is 0.741. The predicted molar refractivity (Wildman–Crippen MR) is 140 cm³/mol. The van der Waals surface area contributed by atoms with Crippen LogP contribution in [0, 0.1) is 23.7 Å². The summed E-state index contributed by atoms with van der Waals surface area (Å²) in [5, 5.41) is 22.1. The number of thioether (sulfide) groups is 1. The number of carbonyl (C=O) groups is 2. The Morgan fingerprint density at radius 1 is 1.32 bits per heavy atom. The van der Waals surface area contributed by atoms with Crippen molar-refractivity contribution in [3.8, 4) is 0 Å². The van der Waals surface area contributed by atoms with E-state index in [0.717, 1.165) is 35.8 Å². The van der Waals surface area contributed by atoms with Gasteiger partial charge in [0.05, 0.1) is 5.60 Å². The molecule has 1 aromatic rings. The molecule has 2 aliphatic rings. The Kier molecular flexibility index (Phi) is 10.7. The number of aliphatic hydroxyl groups is 1. The summed E-state index contributed by atoms with van der Waals surface area (Å²) in [4.78, 5) is 27.7. The van der Waals surface area contributed by atoms with Crippen LogP contribution in [0.3, 0.4) is 0 Å². The van der Waals surface area contributed by atoms with Gasteiger partial charge in [0.25, 0.3) is 0 Å². The summed E-state index contributed by atoms with van der Waals surface area (Å²) in [5.41, 5.74) is -0.614. The van der Waals surface area contributed by atoms with Crippen molar-refractivity contribution in [2.24, 2.45) is 23.7 Å². The molecule has 4 atom stereocenters. The number of rotatable bonds is 13. The lowest BCUT2D eigenvalue weighted by Crippen LogP contribution is -2.39. The summed E-state index contributed by atoms with van der Waals surface area (Å²) in [6.45, 7) is 4.25. The monoisotopic (exact) mass is 507 g/mol. The predicted octanol–water partition coefficient (Wildman–Crippen LogP) is 7.00. The van der Waals surface area contributed by atoms with Crippen molar-refractivity contribution in [2.45, 2.75) is 101 Å². The Morgan fingerprint density at radius 3 is 2.76 bits per heavy atom. The van der Waals surface area contributed by atoms with Crippen LogP contribution in [0.1, 0.15) is 101 Å². The Balaban J connectivity index is 1.54. The van der Waals surface area contributed by atoms with Gasteiger partial charge in [-0.05, 0) is 50.4 Å². The summed E-state index contributed by atoms with van der Waals surface area (Å²) in [6.07, 6.45) is 17.1. The molecule has 0 spiro atoms. The highest BCUT2D eigenvalue weighted by atomic mass is 32.2. The molecule has 2 aliphatic carbocycles. The molecule has 5 nitrogen and oxygen atoms in total. The normalized spacial score (nSPS) is 24.5. The molecule has 3 rings (SSSR count). The molecule has 1 aromatic heterocycles. The SMILES string of the molecule is CCCCC(C1CCCCC1)[C@@](C)(O)C/C=C/[C@H]1CCC(=O)[C@@H]1CCSc1nc(C(=O)O)cs1. The molecule has 2 fully saturated rings. The minimum Gasteiger partial charge on any atom is -0.476 e. The quantitative estimate of drug-likeness (QED) is 0.221. The minimum atomic E-state index is -1.00. The van der Waals surface area contributed by atoms with Gasteiger partial charge in [-0.3, -0.25) is 4.79 Å². The van der Waals surface area contributed by atoms with E-state index in [1.54, 1.807) is 5.38 Å². The fourth-order valence-electron chi connectivity index (χ4n) is 5.88. The van der Waals surface area contributed by atoms with Gasteiger partial charge < -0.3 is 10.2 Å². The van der Waals surface area contributed by atoms with Crippen molar-refractivity contribution in [1.29, 1.82) is 0 Å². The second-order valence-corrected chi connectivity index (χ2v) is 12.6. The van der Waals surface area contributed by atoms with Gasteiger partial charge in [0, 0.05) is 23.5 Å². The molecule has 1 unspecified atom stereocenters. The van der Waals surface area contributed by atoms with Gasteiger partial charge in [-0.1, -0.05) is 75.8 Å². The Hall–Kier alpha value is -1.18. The average molecular weight is 508 g/mol. The summed E-state index contributed by atoms with van der Waals surface area (Å²) in [5.74, 6) is 1.32. The van der Waals surface area contributed by atoms with Gasteiger partial charge >= 0.3 is 5.97 Å². The summed E-state index contributed by atoms with van der Waals surface area (Å²) >= 11 is 2.88. The van der Waals surface area contributed by atoms with Crippen molar-refractivity contribution >= 4 is 34.9 Å². The molecule has 0 amide bonds. The van der Waals surface area contributed by atoms with Crippen LogP contribution in [-0.2, 0) is 4.79 Å². The number of hydrogen-bond acceptors (Lipinski definition) is 6. The zero-order valence-electron chi connectivity index (χ0n) is 20.7. The van der Waals surface area contributed by atoms with Crippen LogP contribution >= 0.6 is 23.1 Å². The Labute approximate surface area is 212 Å². The van der Waals surface area contributed by atoms with Crippen molar-refractivity contribution in [3.05, 3.63) is 23.2 Å². The van der Waals surface area contributed by atoms with Crippen molar-refractivity contribution in [1.82, 2.24) is 4.98 Å². The zero-order chi connectivity index (χ0) is 24.6. The maximum atomic E-state index is 12.5. The van der Waals surface area contributed by atoms with Crippen LogP contribution in [0.4, 0.5) is 0 Å². The number of aromatic nitrogens is 1. The molecule has 2 N–H and O–H groups in total. The van der Waals surface area contributed by atoms with Gasteiger partial charge in [-0.2, -0.15) is 0 Å². The van der Waals surface area contributed by atoms with E-state index in [1.807, 2.05) is 6.92 Å². The molecular formula is C27H41NO4S2. The highest BCUT2D eigenvalue weighted by Gasteiger charge is 2.37. The van der Waals surface area contributed by atoms with Crippen LogP contribution < -0.4 is 0 Å². The second-order valence-electron chi connectivity index (χ2n) is 10.4. The average Bonchev–Trinajstić information content (AvgIpc) is 3.42. The van der Waals surface area contributed by atoms with Gasteiger partial charge in [0.1, 0.15) is 5.78 Å². The lowest BCUT2D eigenvalue weighted by molar-refractivity contribution is -0.121. The van der Waals surface area contributed by atoms with E-state index >= 15 is 0 Å². The van der Waals surface area contributed by atoms with Crippen LogP contribution in [0.25, 0.3) is 0 Å². The number of ketones is 1. The topological polar surface area (TPSA) is 87.5 Å². The van der Waals surface area contributed by atoms with Crippen LogP contribution in [0.15, 0.2) is 21.9 Å². The van der Waals surface area contributed by atoms with Crippen LogP contribution in [0.2, 0.25) is 0 Å². The maximum absolute atomic E-state index is 12.5. The number of carboxylic acid groups (broad SMARTS) is 1. The third kappa shape index (κ3) is 7.66. The first-order valence-corrected chi connectivity index (χ1v) is 14.9. The Bertz CT molecular complexity index is 828. The van der Waals surface area contributed by atoms with E-state index < -0.39 is 11.6 Å². The lowest BCUT2D eigenvalue weighted by atomic mass is 9.69.